The lowest BCUT2D eigenvalue weighted by Crippen LogP contribution is -2.11. The van der Waals surface area contributed by atoms with Crippen molar-refractivity contribution in [2.24, 2.45) is 0 Å². The van der Waals surface area contributed by atoms with Crippen LogP contribution < -0.4 is 0 Å². The van der Waals surface area contributed by atoms with E-state index < -0.39 is 0 Å². The molecule has 0 bridgehead atoms. The van der Waals surface area contributed by atoms with Crippen molar-refractivity contribution in [1.82, 2.24) is 4.98 Å². The van der Waals surface area contributed by atoms with Gasteiger partial charge in [0.05, 0.1) is 5.01 Å². The van der Waals surface area contributed by atoms with Gasteiger partial charge >= 0.3 is 0 Å². The van der Waals surface area contributed by atoms with Gasteiger partial charge < -0.3 is 0 Å². The lowest BCUT2D eigenvalue weighted by molar-refractivity contribution is 0.0984. The van der Waals surface area contributed by atoms with E-state index in [-0.39, 0.29) is 11.2 Å². The fourth-order valence-corrected chi connectivity index (χ4v) is 1.84. The van der Waals surface area contributed by atoms with Crippen LogP contribution in [0.2, 0.25) is 0 Å². The van der Waals surface area contributed by atoms with Crippen LogP contribution in [-0.4, -0.2) is 10.8 Å². The first kappa shape index (κ1) is 10.4. The van der Waals surface area contributed by atoms with Crippen LogP contribution in [-0.2, 0) is 5.41 Å². The standard InChI is InChI=1S/C10H15NOS/c1-5-8(12)7-6-13-9(11-7)10(2,3)4/h6H,5H2,1-4H3. The van der Waals surface area contributed by atoms with Crippen molar-refractivity contribution in [3.8, 4) is 0 Å². The zero-order valence-electron chi connectivity index (χ0n) is 8.55. The quantitative estimate of drug-likeness (QED) is 0.682. The molecule has 0 aliphatic heterocycles. The predicted molar refractivity (Wildman–Crippen MR) is 55.4 cm³/mol. The van der Waals surface area contributed by atoms with Crippen molar-refractivity contribution in [2.75, 3.05) is 0 Å². The SMILES string of the molecule is CCC(=O)c1csc(C(C)(C)C)n1. The topological polar surface area (TPSA) is 30.0 Å². The Morgan fingerprint density at radius 2 is 2.15 bits per heavy atom. The van der Waals surface area contributed by atoms with E-state index >= 15 is 0 Å². The maximum absolute atomic E-state index is 11.3. The Balaban J connectivity index is 2.93. The maximum atomic E-state index is 11.3. The molecule has 0 spiro atoms. The molecule has 3 heteroatoms. The van der Waals surface area contributed by atoms with Gasteiger partial charge in [-0.2, -0.15) is 0 Å². The third-order valence-corrected chi connectivity index (χ3v) is 3.02. The van der Waals surface area contributed by atoms with Gasteiger partial charge in [0.15, 0.2) is 5.78 Å². The molecular weight excluding hydrogens is 182 g/mol. The van der Waals surface area contributed by atoms with Crippen molar-refractivity contribution < 1.29 is 4.79 Å². The summed E-state index contributed by atoms with van der Waals surface area (Å²) in [6.07, 6.45) is 0.535. The lowest BCUT2D eigenvalue weighted by Gasteiger charge is -2.13. The molecule has 1 aromatic rings. The Labute approximate surface area is 83.0 Å². The number of thiazole rings is 1. The van der Waals surface area contributed by atoms with Gasteiger partial charge in [0, 0.05) is 17.2 Å². The highest BCUT2D eigenvalue weighted by Crippen LogP contribution is 2.25. The average Bonchev–Trinajstić information content (AvgIpc) is 2.50. The molecular formula is C10H15NOS. The molecule has 72 valence electrons. The summed E-state index contributed by atoms with van der Waals surface area (Å²) in [7, 11) is 0. The zero-order chi connectivity index (χ0) is 10.1. The zero-order valence-corrected chi connectivity index (χ0v) is 9.36. The third kappa shape index (κ3) is 2.37. The molecule has 13 heavy (non-hydrogen) atoms. The molecule has 0 unspecified atom stereocenters. The number of Topliss-reactive ketones (excluding diaryl/α,β-unsaturated/α-hetero) is 1. The highest BCUT2D eigenvalue weighted by molar-refractivity contribution is 7.10. The fourth-order valence-electron chi connectivity index (χ4n) is 0.927. The van der Waals surface area contributed by atoms with Gasteiger partial charge in [-0.15, -0.1) is 11.3 Å². The number of aromatic nitrogens is 1. The van der Waals surface area contributed by atoms with E-state index in [0.29, 0.717) is 12.1 Å². The third-order valence-electron chi connectivity index (χ3n) is 1.75. The van der Waals surface area contributed by atoms with Crippen LogP contribution in [0, 0.1) is 0 Å². The maximum Gasteiger partial charge on any atom is 0.181 e. The summed E-state index contributed by atoms with van der Waals surface area (Å²) in [6, 6.07) is 0. The Kier molecular flexibility index (Phi) is 2.86. The molecule has 0 aliphatic carbocycles. The first-order valence-corrected chi connectivity index (χ1v) is 5.32. The first-order chi connectivity index (χ1) is 5.95. The Morgan fingerprint density at radius 1 is 1.54 bits per heavy atom. The summed E-state index contributed by atoms with van der Waals surface area (Å²) in [4.78, 5) is 15.6. The summed E-state index contributed by atoms with van der Waals surface area (Å²) < 4.78 is 0. The Morgan fingerprint density at radius 3 is 2.54 bits per heavy atom. The number of rotatable bonds is 2. The second-order valence-corrected chi connectivity index (χ2v) is 4.92. The molecule has 1 rings (SSSR count). The second kappa shape index (κ2) is 3.58. The summed E-state index contributed by atoms with van der Waals surface area (Å²) in [6.45, 7) is 8.17. The molecule has 0 radical (unpaired) electrons. The van der Waals surface area contributed by atoms with Gasteiger partial charge in [-0.3, -0.25) is 4.79 Å². The fraction of sp³-hybridized carbons (Fsp3) is 0.600. The number of hydrogen-bond donors (Lipinski definition) is 0. The van der Waals surface area contributed by atoms with E-state index in [1.54, 1.807) is 11.3 Å². The van der Waals surface area contributed by atoms with Gasteiger partial charge in [-0.05, 0) is 0 Å². The van der Waals surface area contributed by atoms with Crippen molar-refractivity contribution in [3.63, 3.8) is 0 Å². The van der Waals surface area contributed by atoms with Crippen LogP contribution in [0.5, 0.6) is 0 Å². The number of ketones is 1. The van der Waals surface area contributed by atoms with Gasteiger partial charge in [0.25, 0.3) is 0 Å². The molecule has 0 atom stereocenters. The van der Waals surface area contributed by atoms with E-state index in [2.05, 4.69) is 25.8 Å². The van der Waals surface area contributed by atoms with Crippen molar-refractivity contribution in [3.05, 3.63) is 16.1 Å². The molecule has 0 fully saturated rings. The largest absolute Gasteiger partial charge is 0.292 e. The molecule has 1 heterocycles. The minimum Gasteiger partial charge on any atom is -0.292 e. The normalized spacial score (nSPS) is 11.7. The van der Waals surface area contributed by atoms with Crippen molar-refractivity contribution in [2.45, 2.75) is 39.5 Å². The summed E-state index contributed by atoms with van der Waals surface area (Å²) >= 11 is 1.57. The van der Waals surface area contributed by atoms with E-state index in [9.17, 15) is 4.79 Å². The van der Waals surface area contributed by atoms with Crippen LogP contribution in [0.15, 0.2) is 5.38 Å². The number of carbonyl (C=O) groups is 1. The molecule has 0 N–H and O–H groups in total. The van der Waals surface area contributed by atoms with Gasteiger partial charge in [-0.25, -0.2) is 4.98 Å². The molecule has 0 saturated heterocycles. The van der Waals surface area contributed by atoms with Gasteiger partial charge in [0.1, 0.15) is 5.69 Å². The predicted octanol–water partition coefficient (Wildman–Crippen LogP) is 3.03. The van der Waals surface area contributed by atoms with Crippen LogP contribution in [0.1, 0.15) is 49.6 Å². The van der Waals surface area contributed by atoms with Crippen molar-refractivity contribution >= 4 is 17.1 Å². The van der Waals surface area contributed by atoms with Crippen LogP contribution >= 0.6 is 11.3 Å². The van der Waals surface area contributed by atoms with E-state index in [4.69, 9.17) is 0 Å². The van der Waals surface area contributed by atoms with Crippen molar-refractivity contribution in [1.29, 1.82) is 0 Å². The number of carbonyl (C=O) groups excluding carboxylic acids is 1. The summed E-state index contributed by atoms with van der Waals surface area (Å²) in [5.74, 6) is 0.131. The Hall–Kier alpha value is -0.700. The smallest absolute Gasteiger partial charge is 0.181 e. The van der Waals surface area contributed by atoms with E-state index in [0.717, 1.165) is 5.01 Å². The molecule has 2 nitrogen and oxygen atoms in total. The lowest BCUT2D eigenvalue weighted by atomic mass is 9.98. The van der Waals surface area contributed by atoms with E-state index in [1.807, 2.05) is 12.3 Å². The molecule has 0 aliphatic rings. The molecule has 0 saturated carbocycles. The minimum absolute atomic E-state index is 0.0525. The minimum atomic E-state index is 0.0525. The molecule has 1 aromatic heterocycles. The Bertz CT molecular complexity index is 309. The van der Waals surface area contributed by atoms with Gasteiger partial charge in [-0.1, -0.05) is 27.7 Å². The average molecular weight is 197 g/mol. The van der Waals surface area contributed by atoms with Crippen LogP contribution in [0.3, 0.4) is 0 Å². The number of nitrogens with zero attached hydrogens (tertiary/aromatic N) is 1. The second-order valence-electron chi connectivity index (χ2n) is 4.06. The summed E-state index contributed by atoms with van der Waals surface area (Å²) in [5, 5.41) is 2.89. The molecule has 0 aromatic carbocycles. The van der Waals surface area contributed by atoms with Crippen LogP contribution in [0.4, 0.5) is 0 Å². The first-order valence-electron chi connectivity index (χ1n) is 4.44. The summed E-state index contributed by atoms with van der Waals surface area (Å²) in [5.41, 5.74) is 0.675. The van der Waals surface area contributed by atoms with Crippen LogP contribution in [0.25, 0.3) is 0 Å². The highest BCUT2D eigenvalue weighted by atomic mass is 32.1. The monoisotopic (exact) mass is 197 g/mol. The number of hydrogen-bond acceptors (Lipinski definition) is 3. The van der Waals surface area contributed by atoms with Gasteiger partial charge in [0.2, 0.25) is 0 Å². The van der Waals surface area contributed by atoms with E-state index in [1.165, 1.54) is 0 Å². The molecule has 0 amide bonds. The highest BCUT2D eigenvalue weighted by Gasteiger charge is 2.19.